The smallest absolute Gasteiger partial charge is 0.247 e. The van der Waals surface area contributed by atoms with E-state index in [4.69, 9.17) is 16.3 Å². The molecule has 2 heterocycles. The molecule has 31 heavy (non-hydrogen) atoms. The van der Waals surface area contributed by atoms with E-state index in [0.29, 0.717) is 51.1 Å². The summed E-state index contributed by atoms with van der Waals surface area (Å²) in [7, 11) is 0. The van der Waals surface area contributed by atoms with Gasteiger partial charge in [-0.1, -0.05) is 48.5 Å². The second kappa shape index (κ2) is 8.92. The van der Waals surface area contributed by atoms with Crippen LogP contribution in [0, 0.1) is 11.3 Å². The van der Waals surface area contributed by atoms with Crippen molar-refractivity contribution in [3.63, 3.8) is 0 Å². The molecule has 1 unspecified atom stereocenters. The van der Waals surface area contributed by atoms with Gasteiger partial charge in [-0.3, -0.25) is 9.69 Å². The van der Waals surface area contributed by atoms with E-state index in [-0.39, 0.29) is 11.8 Å². The van der Waals surface area contributed by atoms with Crippen molar-refractivity contribution in [3.8, 4) is 23.2 Å². The molecule has 3 aromatic rings. The van der Waals surface area contributed by atoms with Gasteiger partial charge in [-0.15, -0.1) is 10.2 Å². The Morgan fingerprint density at radius 2 is 2.10 bits per heavy atom. The molecule has 1 aromatic heterocycles. The summed E-state index contributed by atoms with van der Waals surface area (Å²) in [5, 5.41) is 19.1. The summed E-state index contributed by atoms with van der Waals surface area (Å²) in [4.78, 5) is 19.4. The van der Waals surface area contributed by atoms with Gasteiger partial charge in [-0.2, -0.15) is 10.2 Å². The average molecular weight is 452 g/mol. The van der Waals surface area contributed by atoms with Crippen LogP contribution in [-0.2, 0) is 4.79 Å². The quantitative estimate of drug-likeness (QED) is 0.514. The van der Waals surface area contributed by atoms with Gasteiger partial charge in [0, 0.05) is 22.6 Å². The largest absolute Gasteiger partial charge is 0.447 e. The number of nitriles is 1. The number of ether oxygens (including phenoxy) is 1. The first kappa shape index (κ1) is 21.1. The van der Waals surface area contributed by atoms with Crippen LogP contribution in [0.25, 0.3) is 11.3 Å². The third kappa shape index (κ3) is 3.94. The molecule has 0 radical (unpaired) electrons. The highest BCUT2D eigenvalue weighted by Crippen LogP contribution is 2.45. The fraction of sp³-hybridized carbons (Fsp3) is 0.227. The van der Waals surface area contributed by atoms with E-state index >= 15 is 0 Å². The number of hydrogen-bond acceptors (Lipinski definition) is 7. The number of carbonyl (C=O) groups excluding carboxylic acids is 1. The van der Waals surface area contributed by atoms with Crippen LogP contribution in [0.2, 0.25) is 5.02 Å². The van der Waals surface area contributed by atoms with E-state index in [0.717, 1.165) is 0 Å². The molecule has 1 aliphatic rings. The van der Waals surface area contributed by atoms with Gasteiger partial charge in [0.2, 0.25) is 23.2 Å². The second-order valence-corrected chi connectivity index (χ2v) is 8.01. The first-order valence-electron chi connectivity index (χ1n) is 9.63. The Morgan fingerprint density at radius 1 is 1.29 bits per heavy atom. The highest BCUT2D eigenvalue weighted by atomic mass is 35.5. The third-order valence-corrected chi connectivity index (χ3v) is 5.60. The van der Waals surface area contributed by atoms with Gasteiger partial charge in [-0.25, -0.2) is 0 Å². The van der Waals surface area contributed by atoms with Gasteiger partial charge >= 0.3 is 0 Å². The SMILES string of the molecule is CCCC(=O)N1c2ccc(Cl)cc2-c2nnc(SC)nc2OC1c1ccccc1C#N. The van der Waals surface area contributed by atoms with Gasteiger partial charge in [0.15, 0.2) is 5.69 Å². The first-order chi connectivity index (χ1) is 15.1. The van der Waals surface area contributed by atoms with Crippen LogP contribution in [-0.4, -0.2) is 27.3 Å². The fourth-order valence-corrected chi connectivity index (χ4v) is 3.91. The van der Waals surface area contributed by atoms with Gasteiger partial charge in [0.05, 0.1) is 17.3 Å². The molecule has 0 saturated carbocycles. The summed E-state index contributed by atoms with van der Waals surface area (Å²) in [6.07, 6.45) is 1.90. The number of benzene rings is 2. The monoisotopic (exact) mass is 451 g/mol. The minimum absolute atomic E-state index is 0.144. The zero-order chi connectivity index (χ0) is 22.0. The van der Waals surface area contributed by atoms with E-state index in [9.17, 15) is 10.1 Å². The lowest BCUT2D eigenvalue weighted by molar-refractivity contribution is -0.120. The Kier molecular flexibility index (Phi) is 6.07. The van der Waals surface area contributed by atoms with Crippen molar-refractivity contribution in [2.75, 3.05) is 11.2 Å². The molecular weight excluding hydrogens is 434 g/mol. The number of halogens is 1. The lowest BCUT2D eigenvalue weighted by atomic mass is 10.0. The summed E-state index contributed by atoms with van der Waals surface area (Å²) in [5.41, 5.74) is 2.53. The molecule has 4 rings (SSSR count). The molecule has 0 aliphatic carbocycles. The normalized spacial score (nSPS) is 14.6. The number of aromatic nitrogens is 3. The minimum Gasteiger partial charge on any atom is -0.447 e. The summed E-state index contributed by atoms with van der Waals surface area (Å²) in [5.74, 6) is 0.0853. The Balaban J connectivity index is 2.02. The van der Waals surface area contributed by atoms with Gasteiger partial charge in [-0.05, 0) is 36.9 Å². The van der Waals surface area contributed by atoms with Crippen molar-refractivity contribution in [1.29, 1.82) is 5.26 Å². The van der Waals surface area contributed by atoms with Crippen molar-refractivity contribution in [2.24, 2.45) is 0 Å². The van der Waals surface area contributed by atoms with Crippen molar-refractivity contribution >= 4 is 35.0 Å². The topological polar surface area (TPSA) is 92.0 Å². The Hall–Kier alpha value is -3.15. The molecule has 156 valence electrons. The zero-order valence-electron chi connectivity index (χ0n) is 16.9. The third-order valence-electron chi connectivity index (χ3n) is 4.83. The molecule has 1 amide bonds. The van der Waals surface area contributed by atoms with E-state index < -0.39 is 6.23 Å². The Morgan fingerprint density at radius 3 is 2.84 bits per heavy atom. The standard InChI is InChI=1S/C22H18ClN5O2S/c1-3-6-18(29)28-17-10-9-14(23)11-16(17)19-20(25-22(31-2)27-26-19)30-21(28)15-8-5-4-7-13(15)12-24/h4-5,7-11,21H,3,6H2,1-2H3. The molecule has 0 saturated heterocycles. The maximum absolute atomic E-state index is 13.3. The lowest BCUT2D eigenvalue weighted by Gasteiger charge is -2.31. The predicted octanol–water partition coefficient (Wildman–Crippen LogP) is 5.01. The molecule has 0 N–H and O–H groups in total. The van der Waals surface area contributed by atoms with Crippen LogP contribution in [0.4, 0.5) is 5.69 Å². The van der Waals surface area contributed by atoms with E-state index in [1.807, 2.05) is 19.2 Å². The van der Waals surface area contributed by atoms with Crippen molar-refractivity contribution in [2.45, 2.75) is 31.1 Å². The summed E-state index contributed by atoms with van der Waals surface area (Å²) in [6, 6.07) is 14.4. The average Bonchev–Trinajstić information content (AvgIpc) is 2.93. The minimum atomic E-state index is -0.900. The number of thioether (sulfide) groups is 1. The maximum atomic E-state index is 13.3. The molecule has 2 aromatic carbocycles. The fourth-order valence-electron chi connectivity index (χ4n) is 3.44. The number of fused-ring (bicyclic) bond motifs is 3. The molecule has 0 fully saturated rings. The zero-order valence-corrected chi connectivity index (χ0v) is 18.4. The van der Waals surface area contributed by atoms with Crippen LogP contribution < -0.4 is 9.64 Å². The van der Waals surface area contributed by atoms with Crippen molar-refractivity contribution < 1.29 is 9.53 Å². The summed E-state index contributed by atoms with van der Waals surface area (Å²) >= 11 is 7.61. The highest BCUT2D eigenvalue weighted by Gasteiger charge is 2.36. The van der Waals surface area contributed by atoms with Crippen LogP contribution >= 0.6 is 23.4 Å². The Bertz CT molecular complexity index is 1200. The van der Waals surface area contributed by atoms with Gasteiger partial charge in [0.1, 0.15) is 0 Å². The van der Waals surface area contributed by atoms with Crippen LogP contribution in [0.3, 0.4) is 0 Å². The maximum Gasteiger partial charge on any atom is 0.247 e. The molecule has 1 atom stereocenters. The number of rotatable bonds is 4. The number of nitrogens with zero attached hydrogens (tertiary/aromatic N) is 5. The predicted molar refractivity (Wildman–Crippen MR) is 119 cm³/mol. The number of carbonyl (C=O) groups is 1. The van der Waals surface area contributed by atoms with Crippen LogP contribution in [0.15, 0.2) is 47.6 Å². The molecule has 9 heteroatoms. The lowest BCUT2D eigenvalue weighted by Crippen LogP contribution is -2.38. The highest BCUT2D eigenvalue weighted by molar-refractivity contribution is 7.98. The molecular formula is C22H18ClN5O2S. The number of hydrogen-bond donors (Lipinski definition) is 0. The molecule has 1 aliphatic heterocycles. The first-order valence-corrected chi connectivity index (χ1v) is 11.2. The summed E-state index contributed by atoms with van der Waals surface area (Å²) in [6.45, 7) is 1.93. The van der Waals surface area contributed by atoms with E-state index in [1.165, 1.54) is 11.8 Å². The van der Waals surface area contributed by atoms with Crippen molar-refractivity contribution in [3.05, 3.63) is 58.6 Å². The number of anilines is 1. The number of amides is 1. The molecule has 0 spiro atoms. The van der Waals surface area contributed by atoms with E-state index in [2.05, 4.69) is 21.3 Å². The van der Waals surface area contributed by atoms with Crippen molar-refractivity contribution in [1.82, 2.24) is 15.2 Å². The van der Waals surface area contributed by atoms with Crippen LogP contribution in [0.5, 0.6) is 5.88 Å². The van der Waals surface area contributed by atoms with Crippen LogP contribution in [0.1, 0.15) is 37.1 Å². The summed E-state index contributed by atoms with van der Waals surface area (Å²) < 4.78 is 6.31. The molecule has 0 bridgehead atoms. The Labute approximate surface area is 189 Å². The second-order valence-electron chi connectivity index (χ2n) is 6.80. The molecule has 7 nitrogen and oxygen atoms in total. The van der Waals surface area contributed by atoms with Gasteiger partial charge < -0.3 is 4.74 Å². The van der Waals surface area contributed by atoms with Gasteiger partial charge in [0.25, 0.3) is 0 Å². The van der Waals surface area contributed by atoms with E-state index in [1.54, 1.807) is 41.3 Å².